The summed E-state index contributed by atoms with van der Waals surface area (Å²) in [5.74, 6) is -0.987. The zero-order valence-electron chi connectivity index (χ0n) is 20.1. The van der Waals surface area contributed by atoms with Crippen LogP contribution in [0.3, 0.4) is 0 Å². The highest BCUT2D eigenvalue weighted by atomic mass is 16.5. The van der Waals surface area contributed by atoms with E-state index in [4.69, 9.17) is 9.94 Å². The van der Waals surface area contributed by atoms with Crippen LogP contribution in [0.1, 0.15) is 60.1 Å². The summed E-state index contributed by atoms with van der Waals surface area (Å²) in [6, 6.07) is 15.0. The summed E-state index contributed by atoms with van der Waals surface area (Å²) in [6.07, 6.45) is 3.47. The number of aryl methyl sites for hydroxylation is 1. The number of fused-ring (bicyclic) bond motifs is 4. The Bertz CT molecular complexity index is 1220. The lowest BCUT2D eigenvalue weighted by molar-refractivity contribution is -0.129. The number of hydroxylamine groups is 1. The Kier molecular flexibility index (Phi) is 8.70. The molecule has 1 unspecified atom stereocenters. The van der Waals surface area contributed by atoms with E-state index in [9.17, 15) is 14.4 Å². The number of anilines is 1. The van der Waals surface area contributed by atoms with Gasteiger partial charge < -0.3 is 20.4 Å². The molecule has 9 heteroatoms. The van der Waals surface area contributed by atoms with Crippen molar-refractivity contribution in [1.29, 1.82) is 0 Å². The molecule has 0 bridgehead atoms. The fourth-order valence-corrected chi connectivity index (χ4v) is 4.55. The molecule has 1 aliphatic rings. The molecule has 0 saturated heterocycles. The lowest BCUT2D eigenvalue weighted by Crippen LogP contribution is -2.32. The smallest absolute Gasteiger partial charge is 0.253 e. The van der Waals surface area contributed by atoms with Crippen molar-refractivity contribution in [2.75, 3.05) is 11.9 Å². The molecule has 0 fully saturated rings. The number of aromatic nitrogens is 1. The molecule has 1 atom stereocenters. The molecule has 0 aliphatic carbocycles. The van der Waals surface area contributed by atoms with Crippen molar-refractivity contribution in [3.8, 4) is 0 Å². The van der Waals surface area contributed by atoms with E-state index in [0.717, 1.165) is 35.0 Å². The molecule has 5 N–H and O–H groups in total. The number of carbonyl (C=O) groups excluding carboxylic acids is 3. The molecule has 9 nitrogen and oxygen atoms in total. The van der Waals surface area contributed by atoms with Crippen molar-refractivity contribution < 1.29 is 24.3 Å². The van der Waals surface area contributed by atoms with Crippen molar-refractivity contribution in [2.45, 2.75) is 57.6 Å². The van der Waals surface area contributed by atoms with Crippen LogP contribution in [0.2, 0.25) is 0 Å². The third-order valence-corrected chi connectivity index (χ3v) is 6.43. The lowest BCUT2D eigenvalue weighted by Gasteiger charge is -2.20. The number of ether oxygens (including phenoxy) is 1. The minimum absolute atomic E-state index is 0.226. The van der Waals surface area contributed by atoms with Gasteiger partial charge in [-0.1, -0.05) is 43.2 Å². The number of para-hydroxylation sites is 2. The van der Waals surface area contributed by atoms with Gasteiger partial charge in [-0.05, 0) is 49.4 Å². The summed E-state index contributed by atoms with van der Waals surface area (Å²) in [7, 11) is 0. The number of hydrogen-bond acceptors (Lipinski definition) is 5. The molecular formula is C27H32N4O5. The first-order chi connectivity index (χ1) is 17.6. The van der Waals surface area contributed by atoms with Crippen molar-refractivity contribution in [3.63, 3.8) is 0 Å². The van der Waals surface area contributed by atoms with Crippen molar-refractivity contribution >= 4 is 34.3 Å². The summed E-state index contributed by atoms with van der Waals surface area (Å²) in [4.78, 5) is 40.9. The Morgan fingerprint density at radius 3 is 2.72 bits per heavy atom. The maximum atomic E-state index is 13.1. The minimum atomic E-state index is -0.682. The second-order valence-corrected chi connectivity index (χ2v) is 8.94. The predicted molar refractivity (Wildman–Crippen MR) is 136 cm³/mol. The van der Waals surface area contributed by atoms with E-state index >= 15 is 0 Å². The van der Waals surface area contributed by atoms with Crippen LogP contribution in [-0.4, -0.2) is 40.6 Å². The molecule has 0 radical (unpaired) electrons. The molecule has 0 saturated carbocycles. The first-order valence-electron chi connectivity index (χ1n) is 12.4. The molecule has 4 rings (SSSR count). The molecule has 2 heterocycles. The number of rotatable bonds is 6. The van der Waals surface area contributed by atoms with E-state index in [0.29, 0.717) is 50.1 Å². The maximum absolute atomic E-state index is 13.1. The van der Waals surface area contributed by atoms with Gasteiger partial charge in [0.15, 0.2) is 0 Å². The van der Waals surface area contributed by atoms with Gasteiger partial charge in [-0.15, -0.1) is 0 Å². The first-order valence-corrected chi connectivity index (χ1v) is 12.4. The molecular weight excluding hydrogens is 460 g/mol. The topological polar surface area (TPSA) is 133 Å². The van der Waals surface area contributed by atoms with Gasteiger partial charge in [-0.3, -0.25) is 19.6 Å². The van der Waals surface area contributed by atoms with E-state index in [1.807, 2.05) is 24.3 Å². The predicted octanol–water partition coefficient (Wildman–Crippen LogP) is 3.82. The molecule has 3 amide bonds. The third-order valence-electron chi connectivity index (χ3n) is 6.43. The second-order valence-electron chi connectivity index (χ2n) is 8.94. The number of carbonyl (C=O) groups is 3. The van der Waals surface area contributed by atoms with Crippen LogP contribution in [0, 0.1) is 0 Å². The Labute approximate surface area is 209 Å². The highest BCUT2D eigenvalue weighted by molar-refractivity contribution is 6.04. The van der Waals surface area contributed by atoms with Crippen molar-refractivity contribution in [2.24, 2.45) is 0 Å². The highest BCUT2D eigenvalue weighted by Crippen LogP contribution is 2.25. The third kappa shape index (κ3) is 6.30. The number of benzene rings is 2. The zero-order chi connectivity index (χ0) is 25.3. The Morgan fingerprint density at radius 2 is 1.86 bits per heavy atom. The van der Waals surface area contributed by atoms with Gasteiger partial charge in [-0.25, -0.2) is 5.48 Å². The molecule has 1 aliphatic heterocycles. The summed E-state index contributed by atoms with van der Waals surface area (Å²) >= 11 is 0. The van der Waals surface area contributed by atoms with Crippen LogP contribution in [0.15, 0.2) is 48.5 Å². The van der Waals surface area contributed by atoms with E-state index < -0.39 is 12.0 Å². The number of hydrogen-bond donors (Lipinski definition) is 5. The molecule has 2 aromatic carbocycles. The fraction of sp³-hybridized carbons (Fsp3) is 0.370. The van der Waals surface area contributed by atoms with Crippen molar-refractivity contribution in [1.82, 2.24) is 15.8 Å². The summed E-state index contributed by atoms with van der Waals surface area (Å²) in [5, 5.41) is 15.6. The molecule has 190 valence electrons. The normalized spacial score (nSPS) is 16.9. The first kappa shape index (κ1) is 25.4. The van der Waals surface area contributed by atoms with Crippen molar-refractivity contribution in [3.05, 3.63) is 65.4 Å². The van der Waals surface area contributed by atoms with Gasteiger partial charge in [0.05, 0.1) is 11.3 Å². The Balaban J connectivity index is 1.53. The van der Waals surface area contributed by atoms with Gasteiger partial charge in [-0.2, -0.15) is 0 Å². The summed E-state index contributed by atoms with van der Waals surface area (Å²) in [5.41, 5.74) is 5.57. The van der Waals surface area contributed by atoms with Crippen LogP contribution >= 0.6 is 0 Å². The number of unbranched alkanes of at least 4 members (excludes halogenated alkanes) is 2. The molecule has 3 aromatic rings. The standard InChI is InChI=1S/C27H32N4O5/c32-25(31-35)15-3-1-2-14-24-27(34)30-22-12-7-5-10-19(22)26(33)28-17-20-18-9-4-6-11-21(18)29-23(20)13-8-16-36-24/h4-7,9-12,24,29,35H,1-3,8,13-17H2,(H,28,33)(H,30,34)(H,31,32). The van der Waals surface area contributed by atoms with Crippen LogP contribution in [-0.2, 0) is 27.3 Å². The van der Waals surface area contributed by atoms with Crippen LogP contribution in [0.5, 0.6) is 0 Å². The van der Waals surface area contributed by atoms with Gasteiger partial charge in [0.25, 0.3) is 11.8 Å². The number of nitrogens with one attached hydrogen (secondary N) is 4. The zero-order valence-corrected chi connectivity index (χ0v) is 20.1. The van der Waals surface area contributed by atoms with Crippen LogP contribution in [0.25, 0.3) is 10.9 Å². The molecule has 36 heavy (non-hydrogen) atoms. The van der Waals surface area contributed by atoms with Gasteiger partial charge in [0, 0.05) is 36.2 Å². The van der Waals surface area contributed by atoms with Gasteiger partial charge >= 0.3 is 0 Å². The minimum Gasteiger partial charge on any atom is -0.368 e. The van der Waals surface area contributed by atoms with Crippen LogP contribution < -0.4 is 16.1 Å². The Morgan fingerprint density at radius 1 is 1.06 bits per heavy atom. The number of aromatic amines is 1. The largest absolute Gasteiger partial charge is 0.368 e. The van der Waals surface area contributed by atoms with E-state index in [2.05, 4.69) is 15.6 Å². The second kappa shape index (κ2) is 12.3. The SMILES string of the molecule is O=C(CCCCCC1OCCCc2[nH]c3ccccc3c2CNC(=O)c2ccccc2NC1=O)NO. The number of amides is 3. The van der Waals surface area contributed by atoms with E-state index in [1.54, 1.807) is 29.7 Å². The molecule has 0 spiro atoms. The highest BCUT2D eigenvalue weighted by Gasteiger charge is 2.22. The summed E-state index contributed by atoms with van der Waals surface area (Å²) < 4.78 is 6.03. The van der Waals surface area contributed by atoms with Gasteiger partial charge in [0.1, 0.15) is 6.10 Å². The van der Waals surface area contributed by atoms with E-state index in [1.165, 1.54) is 0 Å². The lowest BCUT2D eigenvalue weighted by atomic mass is 10.1. The fourth-order valence-electron chi connectivity index (χ4n) is 4.55. The van der Waals surface area contributed by atoms with Crippen LogP contribution in [0.4, 0.5) is 5.69 Å². The summed E-state index contributed by atoms with van der Waals surface area (Å²) in [6.45, 7) is 0.784. The monoisotopic (exact) mass is 492 g/mol. The maximum Gasteiger partial charge on any atom is 0.253 e. The number of H-pyrrole nitrogens is 1. The molecule has 1 aromatic heterocycles. The average molecular weight is 493 g/mol. The van der Waals surface area contributed by atoms with E-state index in [-0.39, 0.29) is 18.2 Å². The average Bonchev–Trinajstić information content (AvgIpc) is 3.25. The Hall–Kier alpha value is -3.69. The van der Waals surface area contributed by atoms with Gasteiger partial charge in [0.2, 0.25) is 5.91 Å². The quantitative estimate of drug-likeness (QED) is 0.203.